The van der Waals surface area contributed by atoms with Crippen molar-refractivity contribution in [2.45, 2.75) is 43.1 Å². The highest BCUT2D eigenvalue weighted by molar-refractivity contribution is 7.99. The van der Waals surface area contributed by atoms with Crippen molar-refractivity contribution in [2.75, 3.05) is 5.75 Å². The molecule has 47 heavy (non-hydrogen) atoms. The molecule has 236 valence electrons. The Morgan fingerprint density at radius 1 is 0.766 bits per heavy atom. The third kappa shape index (κ3) is 6.57. The smallest absolute Gasteiger partial charge is 0.261 e. The van der Waals surface area contributed by atoms with E-state index >= 15 is 0 Å². The van der Waals surface area contributed by atoms with Crippen molar-refractivity contribution < 1.29 is 28.9 Å². The number of amides is 2. The van der Waals surface area contributed by atoms with Gasteiger partial charge in [0.25, 0.3) is 16.8 Å². The molecule has 0 spiro atoms. The van der Waals surface area contributed by atoms with Crippen LogP contribution in [0.1, 0.15) is 61.8 Å². The summed E-state index contributed by atoms with van der Waals surface area (Å²) in [6.45, 7) is 0.165. The van der Waals surface area contributed by atoms with Gasteiger partial charge < -0.3 is 19.8 Å². The fourth-order valence-electron chi connectivity index (χ4n) is 5.97. The Balaban J connectivity index is 1.08. The van der Waals surface area contributed by atoms with Gasteiger partial charge in [0.05, 0.1) is 36.5 Å². The first-order chi connectivity index (χ1) is 23.0. The molecule has 1 saturated heterocycles. The van der Waals surface area contributed by atoms with Gasteiger partial charge in [-0.1, -0.05) is 90.6 Å². The van der Waals surface area contributed by atoms with Crippen LogP contribution in [0.2, 0.25) is 0 Å². The highest BCUT2D eigenvalue weighted by atomic mass is 32.2. The number of thioether (sulfide) groups is 1. The topological polar surface area (TPSA) is 103 Å². The number of rotatable bonds is 9. The molecule has 5 aromatic rings. The Kier molecular flexibility index (Phi) is 8.86. The summed E-state index contributed by atoms with van der Waals surface area (Å²) >= 11 is 1.45. The van der Waals surface area contributed by atoms with Crippen LogP contribution in [0.5, 0.6) is 0 Å². The van der Waals surface area contributed by atoms with Crippen LogP contribution in [0, 0.1) is 5.21 Å². The predicted molar refractivity (Wildman–Crippen MR) is 177 cm³/mol. The van der Waals surface area contributed by atoms with Crippen LogP contribution in [0.4, 0.5) is 0 Å². The molecule has 1 aromatic heterocycles. The molecule has 0 saturated carbocycles. The van der Waals surface area contributed by atoms with E-state index in [1.807, 2.05) is 78.9 Å². The molecule has 0 radical (unpaired) electrons. The number of carbonyl (C=O) groups is 2. The van der Waals surface area contributed by atoms with Crippen LogP contribution in [-0.2, 0) is 22.6 Å². The van der Waals surface area contributed by atoms with Gasteiger partial charge in [-0.05, 0) is 52.1 Å². The van der Waals surface area contributed by atoms with E-state index in [-0.39, 0.29) is 37.2 Å². The molecule has 9 heteroatoms. The van der Waals surface area contributed by atoms with Gasteiger partial charge in [0.15, 0.2) is 12.5 Å². The Morgan fingerprint density at radius 2 is 1.47 bits per heavy atom. The summed E-state index contributed by atoms with van der Waals surface area (Å²) in [5, 5.41) is 22.3. The van der Waals surface area contributed by atoms with Gasteiger partial charge in [-0.25, -0.2) is 0 Å². The second-order valence-corrected chi connectivity index (χ2v) is 12.6. The van der Waals surface area contributed by atoms with E-state index in [1.54, 1.807) is 36.4 Å². The number of ether oxygens (including phenoxy) is 2. The summed E-state index contributed by atoms with van der Waals surface area (Å²) < 4.78 is 13.8. The number of hydrogen-bond donors (Lipinski definition) is 1. The van der Waals surface area contributed by atoms with Gasteiger partial charge >= 0.3 is 0 Å². The van der Waals surface area contributed by atoms with E-state index in [1.165, 1.54) is 22.9 Å². The maximum atomic E-state index is 12.9. The Hall–Kier alpha value is -4.80. The molecule has 0 unspecified atom stereocenters. The van der Waals surface area contributed by atoms with E-state index in [4.69, 9.17) is 9.47 Å². The molecule has 0 aliphatic carbocycles. The molecule has 1 N–H and O–H groups in total. The van der Waals surface area contributed by atoms with Crippen molar-refractivity contribution in [1.82, 2.24) is 4.90 Å². The van der Waals surface area contributed by atoms with Gasteiger partial charge in [0.1, 0.15) is 0 Å². The predicted octanol–water partition coefficient (Wildman–Crippen LogP) is 6.61. The van der Waals surface area contributed by atoms with Gasteiger partial charge in [-0.3, -0.25) is 14.5 Å². The van der Waals surface area contributed by atoms with Crippen molar-refractivity contribution in [3.63, 3.8) is 0 Å². The molecule has 4 aromatic carbocycles. The number of hydrogen-bond acceptors (Lipinski definition) is 7. The monoisotopic (exact) mass is 644 g/mol. The van der Waals surface area contributed by atoms with Gasteiger partial charge in [-0.2, -0.15) is 4.73 Å². The Labute approximate surface area is 276 Å². The third-order valence-corrected chi connectivity index (χ3v) is 9.63. The van der Waals surface area contributed by atoms with E-state index in [9.17, 15) is 19.9 Å². The average Bonchev–Trinajstić information content (AvgIpc) is 3.36. The molecule has 3 heterocycles. The maximum absolute atomic E-state index is 12.9. The van der Waals surface area contributed by atoms with Crippen molar-refractivity contribution in [1.29, 1.82) is 0 Å². The fraction of sp³-hybridized carbons (Fsp3) is 0.184. The molecule has 8 nitrogen and oxygen atoms in total. The van der Waals surface area contributed by atoms with E-state index in [0.29, 0.717) is 28.3 Å². The number of aromatic nitrogens is 1. The molecule has 2 aliphatic rings. The lowest BCUT2D eigenvalue weighted by Crippen LogP contribution is -2.32. The highest BCUT2D eigenvalue weighted by Crippen LogP contribution is 2.40. The number of pyridine rings is 1. The van der Waals surface area contributed by atoms with Gasteiger partial charge in [0, 0.05) is 29.9 Å². The van der Waals surface area contributed by atoms with E-state index in [2.05, 4.69) is 0 Å². The van der Waals surface area contributed by atoms with Crippen LogP contribution < -0.4 is 4.73 Å². The Morgan fingerprint density at radius 3 is 2.17 bits per heavy atom. The normalized spacial score (nSPS) is 19.2. The second-order valence-electron chi connectivity index (χ2n) is 11.6. The number of fused-ring (bicyclic) bond motifs is 1. The molecule has 1 fully saturated rings. The lowest BCUT2D eigenvalue weighted by atomic mass is 9.99. The largest absolute Gasteiger partial charge is 0.618 e. The van der Waals surface area contributed by atoms with E-state index in [0.717, 1.165) is 38.1 Å². The second kappa shape index (κ2) is 13.5. The average molecular weight is 645 g/mol. The summed E-state index contributed by atoms with van der Waals surface area (Å²) in [6, 6.07) is 35.8. The van der Waals surface area contributed by atoms with E-state index < -0.39 is 6.29 Å². The third-order valence-electron chi connectivity index (χ3n) is 8.48. The maximum Gasteiger partial charge on any atom is 0.261 e. The minimum absolute atomic E-state index is 0.0267. The first-order valence-corrected chi connectivity index (χ1v) is 16.4. The lowest BCUT2D eigenvalue weighted by Gasteiger charge is -2.36. The number of nitrogens with zero attached hydrogens (tertiary/aromatic N) is 2. The van der Waals surface area contributed by atoms with Crippen LogP contribution in [0.15, 0.2) is 126 Å². The summed E-state index contributed by atoms with van der Waals surface area (Å²) in [4.78, 5) is 27.1. The number of aliphatic hydroxyl groups is 1. The van der Waals surface area contributed by atoms with Crippen molar-refractivity contribution in [2.24, 2.45) is 0 Å². The number of aliphatic hydroxyl groups excluding tert-OH is 1. The quantitative estimate of drug-likeness (QED) is 0.0834. The van der Waals surface area contributed by atoms with Gasteiger partial charge in [-0.15, -0.1) is 0 Å². The summed E-state index contributed by atoms with van der Waals surface area (Å²) in [6.07, 6.45) is 1.07. The van der Waals surface area contributed by atoms with Crippen LogP contribution in [-0.4, -0.2) is 33.7 Å². The summed E-state index contributed by atoms with van der Waals surface area (Å²) in [5.41, 5.74) is 6.36. The van der Waals surface area contributed by atoms with Crippen molar-refractivity contribution >= 4 is 23.6 Å². The molecule has 2 amide bonds. The molecular weight excluding hydrogens is 612 g/mol. The van der Waals surface area contributed by atoms with Gasteiger partial charge in [0.2, 0.25) is 0 Å². The minimum atomic E-state index is -0.624. The summed E-state index contributed by atoms with van der Waals surface area (Å²) in [7, 11) is 0. The molecule has 7 rings (SSSR count). The van der Waals surface area contributed by atoms with Crippen LogP contribution in [0.25, 0.3) is 11.1 Å². The molecular formula is C38H32N2O6S. The standard InChI is InChI=1S/C38H32N2O6S/c41-23-25-11-13-28(14-12-25)34-21-31(24-47-35-10-3-4-19-40(35)44)45-38(46-34)29-17-15-27(16-18-29)30-7-5-6-26(20-30)22-39-36(42)32-8-1-2-9-33(32)37(39)43/h1-20,31,34,38,41H,21-24H2/t31-,34+,38+/m1/s1. The fourth-order valence-corrected chi connectivity index (χ4v) is 6.91. The zero-order valence-corrected chi connectivity index (χ0v) is 26.2. The number of carbonyl (C=O) groups excluding carboxylic acids is 2. The molecule has 3 atom stereocenters. The zero-order valence-electron chi connectivity index (χ0n) is 25.4. The molecule has 0 bridgehead atoms. The van der Waals surface area contributed by atoms with Crippen LogP contribution in [0.3, 0.4) is 0 Å². The number of benzene rings is 4. The SMILES string of the molecule is O=C1c2ccccc2C(=O)N1Cc1cccc(-c2ccc([C@H]3O[C@@H](CSc4cccc[n+]4[O-])C[C@@H](c4ccc(CO)cc4)O3)cc2)c1. The summed E-state index contributed by atoms with van der Waals surface area (Å²) in [5.74, 6) is 0.0290. The van der Waals surface area contributed by atoms with Crippen molar-refractivity contribution in [3.8, 4) is 11.1 Å². The van der Waals surface area contributed by atoms with Crippen LogP contribution >= 0.6 is 11.8 Å². The minimum Gasteiger partial charge on any atom is -0.618 e. The highest BCUT2D eigenvalue weighted by Gasteiger charge is 2.35. The van der Waals surface area contributed by atoms with Crippen molar-refractivity contribution in [3.05, 3.63) is 160 Å². The zero-order chi connectivity index (χ0) is 32.3. The first-order valence-electron chi connectivity index (χ1n) is 15.4. The molecule has 2 aliphatic heterocycles. The number of imide groups is 1. The lowest BCUT2D eigenvalue weighted by molar-refractivity contribution is -0.645. The Bertz CT molecular complexity index is 1880. The first kappa shape index (κ1) is 30.8.